The molecule has 1 aromatic rings. The van der Waals surface area contributed by atoms with Gasteiger partial charge in [-0.05, 0) is 17.0 Å². The number of hydrogen-bond donors (Lipinski definition) is 1. The van der Waals surface area contributed by atoms with Crippen LogP contribution < -0.4 is 4.89 Å². The van der Waals surface area contributed by atoms with Crippen molar-refractivity contribution < 1.29 is 18.0 Å². The molecular formula is C10H12ClNO4S. The summed E-state index contributed by atoms with van der Waals surface area (Å²) in [4.78, 5) is 17.2. The van der Waals surface area contributed by atoms with Gasteiger partial charge in [0.2, 0.25) is 0 Å². The van der Waals surface area contributed by atoms with Crippen molar-refractivity contribution in [2.24, 2.45) is 5.92 Å². The molecule has 1 aromatic carbocycles. The number of halogens is 1. The molecule has 7 heteroatoms. The number of hydrogen-bond acceptors (Lipinski definition) is 4. The largest absolute Gasteiger partial charge is 0.355 e. The minimum absolute atomic E-state index is 0.0561. The topological polar surface area (TPSA) is 72.5 Å². The highest BCUT2D eigenvalue weighted by atomic mass is 35.5. The van der Waals surface area contributed by atoms with Gasteiger partial charge in [-0.2, -0.15) is 0 Å². The summed E-state index contributed by atoms with van der Waals surface area (Å²) in [5.41, 5.74) is 0. The molecule has 5 nitrogen and oxygen atoms in total. The zero-order valence-electron chi connectivity index (χ0n) is 9.31. The first-order valence-corrected chi connectivity index (χ1v) is 6.67. The van der Waals surface area contributed by atoms with Crippen LogP contribution in [0, 0.1) is 5.92 Å². The Kier molecular flexibility index (Phi) is 4.50. The van der Waals surface area contributed by atoms with Gasteiger partial charge in [0, 0.05) is 0 Å². The van der Waals surface area contributed by atoms with Crippen molar-refractivity contribution in [3.05, 3.63) is 29.3 Å². The molecule has 17 heavy (non-hydrogen) atoms. The number of carbonyl (C=O) groups excluding carboxylic acids is 1. The third-order valence-corrected chi connectivity index (χ3v) is 3.53. The molecule has 0 fully saturated rings. The van der Waals surface area contributed by atoms with Crippen LogP contribution in [0.15, 0.2) is 29.2 Å². The van der Waals surface area contributed by atoms with E-state index in [9.17, 15) is 13.2 Å². The van der Waals surface area contributed by atoms with Gasteiger partial charge in [0.1, 0.15) is 4.90 Å². The number of sulfonamides is 1. The van der Waals surface area contributed by atoms with Gasteiger partial charge >= 0.3 is 5.97 Å². The van der Waals surface area contributed by atoms with Gasteiger partial charge in [-0.3, -0.25) is 4.79 Å². The van der Waals surface area contributed by atoms with E-state index in [4.69, 9.17) is 11.6 Å². The van der Waals surface area contributed by atoms with Crippen LogP contribution in [-0.4, -0.2) is 14.4 Å². The van der Waals surface area contributed by atoms with E-state index in [1.807, 2.05) is 0 Å². The molecule has 0 saturated heterocycles. The fourth-order valence-electron chi connectivity index (χ4n) is 0.921. The summed E-state index contributed by atoms with van der Waals surface area (Å²) in [5.74, 6) is -1.09. The monoisotopic (exact) mass is 277 g/mol. The Morgan fingerprint density at radius 1 is 1.35 bits per heavy atom. The van der Waals surface area contributed by atoms with Crippen LogP contribution in [0.5, 0.6) is 0 Å². The van der Waals surface area contributed by atoms with Crippen LogP contribution in [0.2, 0.25) is 5.02 Å². The molecular weight excluding hydrogens is 266 g/mol. The van der Waals surface area contributed by atoms with Gasteiger partial charge in [-0.25, -0.2) is 8.42 Å². The maximum atomic E-state index is 11.7. The zero-order chi connectivity index (χ0) is 13.1. The second kappa shape index (κ2) is 5.48. The molecule has 0 aliphatic carbocycles. The van der Waals surface area contributed by atoms with E-state index in [0.717, 1.165) is 0 Å². The van der Waals surface area contributed by atoms with Crippen LogP contribution >= 0.6 is 11.6 Å². The molecule has 0 bridgehead atoms. The average molecular weight is 278 g/mol. The van der Waals surface area contributed by atoms with E-state index >= 15 is 0 Å². The first kappa shape index (κ1) is 14.0. The van der Waals surface area contributed by atoms with Gasteiger partial charge < -0.3 is 4.84 Å². The lowest BCUT2D eigenvalue weighted by Crippen LogP contribution is -2.29. The quantitative estimate of drug-likeness (QED) is 0.851. The maximum absolute atomic E-state index is 11.7. The first-order chi connectivity index (χ1) is 7.84. The maximum Gasteiger partial charge on any atom is 0.328 e. The predicted molar refractivity (Wildman–Crippen MR) is 62.7 cm³/mol. The summed E-state index contributed by atoms with van der Waals surface area (Å²) in [7, 11) is -3.94. The molecule has 0 amide bonds. The van der Waals surface area contributed by atoms with E-state index < -0.39 is 21.9 Å². The minimum Gasteiger partial charge on any atom is -0.355 e. The lowest BCUT2D eigenvalue weighted by Gasteiger charge is -2.09. The first-order valence-electron chi connectivity index (χ1n) is 4.81. The molecule has 94 valence electrons. The molecule has 0 unspecified atom stereocenters. The second-order valence-corrected chi connectivity index (χ2v) is 5.61. The number of carbonyl (C=O) groups is 1. The van der Waals surface area contributed by atoms with Crippen molar-refractivity contribution in [3.63, 3.8) is 0 Å². The van der Waals surface area contributed by atoms with Crippen molar-refractivity contribution in [1.29, 1.82) is 0 Å². The number of nitrogens with one attached hydrogen (secondary N) is 1. The average Bonchev–Trinajstić information content (AvgIpc) is 2.26. The molecule has 0 heterocycles. The van der Waals surface area contributed by atoms with Crippen molar-refractivity contribution in [2.45, 2.75) is 18.7 Å². The van der Waals surface area contributed by atoms with Crippen LogP contribution in [-0.2, 0) is 19.7 Å². The Bertz CT molecular complexity index is 513. The SMILES string of the molecule is CC(C)C(=O)ONS(=O)(=O)c1ccccc1Cl. The van der Waals surface area contributed by atoms with E-state index in [0.29, 0.717) is 0 Å². The molecule has 0 spiro atoms. The van der Waals surface area contributed by atoms with Gasteiger partial charge in [-0.15, -0.1) is 0 Å². The van der Waals surface area contributed by atoms with Crippen LogP contribution in [0.4, 0.5) is 0 Å². The molecule has 0 aliphatic rings. The molecule has 0 aromatic heterocycles. The Morgan fingerprint density at radius 2 is 1.94 bits per heavy atom. The molecule has 1 N–H and O–H groups in total. The van der Waals surface area contributed by atoms with E-state index in [1.165, 1.54) is 18.2 Å². The zero-order valence-corrected chi connectivity index (χ0v) is 10.9. The number of benzene rings is 1. The fourth-order valence-corrected chi connectivity index (χ4v) is 2.23. The van der Waals surface area contributed by atoms with E-state index in [-0.39, 0.29) is 9.92 Å². The second-order valence-electron chi connectivity index (χ2n) is 3.59. The molecule has 0 atom stereocenters. The summed E-state index contributed by atoms with van der Waals surface area (Å²) < 4.78 is 23.4. The third-order valence-electron chi connectivity index (χ3n) is 1.85. The van der Waals surface area contributed by atoms with Gasteiger partial charge in [0.05, 0.1) is 10.9 Å². The lowest BCUT2D eigenvalue weighted by atomic mass is 10.2. The van der Waals surface area contributed by atoms with Crippen LogP contribution in [0.25, 0.3) is 0 Å². The molecule has 1 rings (SSSR count). The normalized spacial score (nSPS) is 11.5. The summed E-state index contributed by atoms with van der Waals surface area (Å²) in [5, 5.41) is 0.0561. The highest BCUT2D eigenvalue weighted by Gasteiger charge is 2.20. The smallest absolute Gasteiger partial charge is 0.328 e. The van der Waals surface area contributed by atoms with Gasteiger partial charge in [0.15, 0.2) is 0 Å². The van der Waals surface area contributed by atoms with E-state index in [2.05, 4.69) is 4.84 Å². The highest BCUT2D eigenvalue weighted by molar-refractivity contribution is 7.89. The van der Waals surface area contributed by atoms with Gasteiger partial charge in [-0.1, -0.05) is 37.6 Å². The Morgan fingerprint density at radius 3 is 2.47 bits per heavy atom. The number of rotatable bonds is 4. The van der Waals surface area contributed by atoms with E-state index in [1.54, 1.807) is 24.8 Å². The standard InChI is InChI=1S/C10H12ClNO4S/c1-7(2)10(13)16-12-17(14,15)9-6-4-3-5-8(9)11/h3-7,12H,1-2H3. The third kappa shape index (κ3) is 3.69. The molecule has 0 radical (unpaired) electrons. The van der Waals surface area contributed by atoms with Crippen molar-refractivity contribution in [3.8, 4) is 0 Å². The predicted octanol–water partition coefficient (Wildman–Crippen LogP) is 1.73. The Labute approximate surface area is 105 Å². The Balaban J connectivity index is 2.84. The molecule has 0 aliphatic heterocycles. The highest BCUT2D eigenvalue weighted by Crippen LogP contribution is 2.20. The lowest BCUT2D eigenvalue weighted by molar-refractivity contribution is -0.150. The van der Waals surface area contributed by atoms with Crippen LogP contribution in [0.3, 0.4) is 0 Å². The fraction of sp³-hybridized carbons (Fsp3) is 0.300. The van der Waals surface area contributed by atoms with Crippen LogP contribution in [0.1, 0.15) is 13.8 Å². The minimum atomic E-state index is -3.94. The summed E-state index contributed by atoms with van der Waals surface area (Å²) in [6.45, 7) is 3.18. The van der Waals surface area contributed by atoms with Crippen molar-refractivity contribution in [1.82, 2.24) is 4.89 Å². The summed E-state index contributed by atoms with van der Waals surface area (Å²) in [6.07, 6.45) is 0. The van der Waals surface area contributed by atoms with Crippen molar-refractivity contribution in [2.75, 3.05) is 0 Å². The summed E-state index contributed by atoms with van der Waals surface area (Å²) >= 11 is 5.73. The van der Waals surface area contributed by atoms with Gasteiger partial charge in [0.25, 0.3) is 10.0 Å². The summed E-state index contributed by atoms with van der Waals surface area (Å²) in [6, 6.07) is 5.86. The Hall–Kier alpha value is -1.11. The van der Waals surface area contributed by atoms with Crippen molar-refractivity contribution >= 4 is 27.6 Å². The molecule has 0 saturated carbocycles.